The van der Waals surface area contributed by atoms with Crippen molar-refractivity contribution >= 4 is 17.7 Å². The van der Waals surface area contributed by atoms with E-state index in [4.69, 9.17) is 4.74 Å². The van der Waals surface area contributed by atoms with Crippen LogP contribution in [0.5, 0.6) is 0 Å². The van der Waals surface area contributed by atoms with Gasteiger partial charge in [-0.25, -0.2) is 9.59 Å². The molecule has 0 bridgehead atoms. The number of aryl methyl sites for hydroxylation is 2. The maximum absolute atomic E-state index is 13.0. The van der Waals surface area contributed by atoms with Crippen molar-refractivity contribution in [2.24, 2.45) is 0 Å². The molecule has 1 saturated heterocycles. The van der Waals surface area contributed by atoms with Gasteiger partial charge in [0, 0.05) is 44.1 Å². The average molecular weight is 449 g/mol. The summed E-state index contributed by atoms with van der Waals surface area (Å²) in [6.45, 7) is 10.1. The second-order valence-corrected chi connectivity index (χ2v) is 8.66. The standard InChI is InChI=1S/C26H32N4O3/c1-4-33-25(31)23-22(27-26(32)28-24(23)20-10-8-18(2)9-11-20)17-29-12-14-30(15-13-29)21-7-5-6-19(3)16-21/h5-11,16,24H,4,12-15,17H2,1-3H3,(H2,27,28,32). The molecule has 0 aliphatic carbocycles. The molecular weight excluding hydrogens is 416 g/mol. The number of hydrogen-bond donors (Lipinski definition) is 2. The zero-order valence-electron chi connectivity index (χ0n) is 19.6. The van der Waals surface area contributed by atoms with E-state index >= 15 is 0 Å². The highest BCUT2D eigenvalue weighted by molar-refractivity contribution is 5.95. The third-order valence-electron chi connectivity index (χ3n) is 6.18. The molecule has 0 saturated carbocycles. The lowest BCUT2D eigenvalue weighted by Gasteiger charge is -2.38. The van der Waals surface area contributed by atoms with E-state index in [9.17, 15) is 9.59 Å². The second kappa shape index (κ2) is 10.1. The molecule has 2 aliphatic rings. The lowest BCUT2D eigenvalue weighted by Crippen LogP contribution is -2.51. The van der Waals surface area contributed by atoms with Crippen LogP contribution in [0, 0.1) is 13.8 Å². The highest BCUT2D eigenvalue weighted by Gasteiger charge is 2.34. The van der Waals surface area contributed by atoms with E-state index in [2.05, 4.69) is 51.6 Å². The van der Waals surface area contributed by atoms with Crippen LogP contribution in [0.4, 0.5) is 10.5 Å². The van der Waals surface area contributed by atoms with E-state index in [1.165, 1.54) is 11.3 Å². The molecule has 2 aromatic carbocycles. The van der Waals surface area contributed by atoms with Gasteiger partial charge in [-0.3, -0.25) is 4.90 Å². The highest BCUT2D eigenvalue weighted by atomic mass is 16.5. The van der Waals surface area contributed by atoms with Crippen LogP contribution < -0.4 is 15.5 Å². The Morgan fingerprint density at radius 3 is 2.42 bits per heavy atom. The van der Waals surface area contributed by atoms with Crippen LogP contribution in [-0.4, -0.2) is 56.2 Å². The monoisotopic (exact) mass is 448 g/mol. The van der Waals surface area contributed by atoms with Gasteiger partial charge in [0.25, 0.3) is 0 Å². The summed E-state index contributed by atoms with van der Waals surface area (Å²) in [7, 11) is 0. The molecule has 1 fully saturated rings. The van der Waals surface area contributed by atoms with Crippen LogP contribution in [-0.2, 0) is 9.53 Å². The van der Waals surface area contributed by atoms with E-state index in [0.29, 0.717) is 17.8 Å². The normalized spacial score (nSPS) is 19.2. The minimum absolute atomic E-state index is 0.277. The first-order valence-corrected chi connectivity index (χ1v) is 11.5. The number of carbonyl (C=O) groups excluding carboxylic acids is 2. The van der Waals surface area contributed by atoms with Crippen LogP contribution in [0.15, 0.2) is 59.8 Å². The largest absolute Gasteiger partial charge is 0.463 e. The van der Waals surface area contributed by atoms with Crippen molar-refractivity contribution in [3.05, 3.63) is 76.5 Å². The number of anilines is 1. The maximum Gasteiger partial charge on any atom is 0.338 e. The van der Waals surface area contributed by atoms with Gasteiger partial charge in [-0.1, -0.05) is 42.0 Å². The summed E-state index contributed by atoms with van der Waals surface area (Å²) >= 11 is 0. The quantitative estimate of drug-likeness (QED) is 0.664. The van der Waals surface area contributed by atoms with E-state index in [1.807, 2.05) is 31.2 Å². The van der Waals surface area contributed by atoms with Crippen LogP contribution in [0.3, 0.4) is 0 Å². The number of esters is 1. The zero-order valence-corrected chi connectivity index (χ0v) is 19.6. The van der Waals surface area contributed by atoms with Crippen LogP contribution in [0.25, 0.3) is 0 Å². The van der Waals surface area contributed by atoms with Crippen LogP contribution in [0.1, 0.15) is 29.7 Å². The van der Waals surface area contributed by atoms with Crippen molar-refractivity contribution in [2.45, 2.75) is 26.8 Å². The smallest absolute Gasteiger partial charge is 0.338 e. The fourth-order valence-corrected chi connectivity index (χ4v) is 4.41. The molecule has 1 unspecified atom stereocenters. The summed E-state index contributed by atoms with van der Waals surface area (Å²) in [6.07, 6.45) is 0. The number of piperazine rings is 1. The Morgan fingerprint density at radius 1 is 1.03 bits per heavy atom. The lowest BCUT2D eigenvalue weighted by molar-refractivity contribution is -0.139. The Labute approximate surface area is 195 Å². The molecular formula is C26H32N4O3. The lowest BCUT2D eigenvalue weighted by atomic mass is 9.94. The molecule has 4 rings (SSSR count). The summed E-state index contributed by atoms with van der Waals surface area (Å²) in [4.78, 5) is 30.2. The number of carbonyl (C=O) groups is 2. The Kier molecular flexibility index (Phi) is 6.99. The predicted octanol–water partition coefficient (Wildman–Crippen LogP) is 3.30. The van der Waals surface area contributed by atoms with Gasteiger partial charge in [0.2, 0.25) is 0 Å². The van der Waals surface area contributed by atoms with Crippen molar-refractivity contribution in [2.75, 3.05) is 44.2 Å². The third kappa shape index (κ3) is 5.37. The first kappa shape index (κ1) is 22.9. The van der Waals surface area contributed by atoms with Gasteiger partial charge in [0.05, 0.1) is 18.2 Å². The fourth-order valence-electron chi connectivity index (χ4n) is 4.41. The van der Waals surface area contributed by atoms with Crippen molar-refractivity contribution in [1.29, 1.82) is 0 Å². The molecule has 2 heterocycles. The second-order valence-electron chi connectivity index (χ2n) is 8.66. The van der Waals surface area contributed by atoms with E-state index in [0.717, 1.165) is 37.3 Å². The SMILES string of the molecule is CCOC(=O)C1=C(CN2CCN(c3cccc(C)c3)CC2)NC(=O)NC1c1ccc(C)cc1. The predicted molar refractivity (Wildman–Crippen MR) is 129 cm³/mol. The Bertz CT molecular complexity index is 1040. The fraction of sp³-hybridized carbons (Fsp3) is 0.385. The van der Waals surface area contributed by atoms with Gasteiger partial charge < -0.3 is 20.3 Å². The van der Waals surface area contributed by atoms with Gasteiger partial charge in [0.1, 0.15) is 0 Å². The zero-order chi connectivity index (χ0) is 23.4. The number of urea groups is 1. The molecule has 0 spiro atoms. The number of amides is 2. The van der Waals surface area contributed by atoms with E-state index in [1.54, 1.807) is 6.92 Å². The number of benzene rings is 2. The number of nitrogens with zero attached hydrogens (tertiary/aromatic N) is 2. The molecule has 7 heteroatoms. The highest BCUT2D eigenvalue weighted by Crippen LogP contribution is 2.29. The summed E-state index contributed by atoms with van der Waals surface area (Å²) < 4.78 is 5.38. The van der Waals surface area contributed by atoms with Crippen LogP contribution in [0.2, 0.25) is 0 Å². The van der Waals surface area contributed by atoms with Crippen molar-refractivity contribution < 1.29 is 14.3 Å². The molecule has 7 nitrogen and oxygen atoms in total. The Hall–Kier alpha value is -3.32. The first-order chi connectivity index (χ1) is 15.9. The molecule has 2 aromatic rings. The molecule has 0 radical (unpaired) electrons. The number of nitrogens with one attached hydrogen (secondary N) is 2. The van der Waals surface area contributed by atoms with Gasteiger partial charge >= 0.3 is 12.0 Å². The molecule has 2 N–H and O–H groups in total. The molecule has 174 valence electrons. The Morgan fingerprint density at radius 2 is 1.76 bits per heavy atom. The van der Waals surface area contributed by atoms with Gasteiger partial charge in [-0.05, 0) is 44.0 Å². The first-order valence-electron chi connectivity index (χ1n) is 11.5. The molecule has 2 amide bonds. The van der Waals surface area contributed by atoms with E-state index in [-0.39, 0.29) is 12.6 Å². The molecule has 2 aliphatic heterocycles. The van der Waals surface area contributed by atoms with Gasteiger partial charge in [-0.2, -0.15) is 0 Å². The average Bonchev–Trinajstić information content (AvgIpc) is 2.80. The summed E-state index contributed by atoms with van der Waals surface area (Å²) in [6, 6.07) is 15.6. The van der Waals surface area contributed by atoms with Crippen molar-refractivity contribution in [3.63, 3.8) is 0 Å². The molecule has 1 atom stereocenters. The molecule has 0 aromatic heterocycles. The van der Waals surface area contributed by atoms with Crippen molar-refractivity contribution in [3.8, 4) is 0 Å². The summed E-state index contributed by atoms with van der Waals surface area (Å²) in [5.74, 6) is -0.399. The minimum Gasteiger partial charge on any atom is -0.463 e. The number of ether oxygens (including phenoxy) is 1. The maximum atomic E-state index is 13.0. The molecule has 33 heavy (non-hydrogen) atoms. The number of hydrogen-bond acceptors (Lipinski definition) is 5. The summed E-state index contributed by atoms with van der Waals surface area (Å²) in [5.41, 5.74) is 5.55. The minimum atomic E-state index is -0.540. The topological polar surface area (TPSA) is 73.9 Å². The van der Waals surface area contributed by atoms with Gasteiger partial charge in [-0.15, -0.1) is 0 Å². The number of rotatable bonds is 6. The van der Waals surface area contributed by atoms with E-state index < -0.39 is 12.0 Å². The van der Waals surface area contributed by atoms with Gasteiger partial charge in [0.15, 0.2) is 0 Å². The van der Waals surface area contributed by atoms with Crippen molar-refractivity contribution in [1.82, 2.24) is 15.5 Å². The Balaban J connectivity index is 1.55. The van der Waals surface area contributed by atoms with Crippen LogP contribution >= 0.6 is 0 Å². The summed E-state index contributed by atoms with van der Waals surface area (Å²) in [5, 5.41) is 5.80. The third-order valence-corrected chi connectivity index (χ3v) is 6.18.